The SMILES string of the molecule is CCCCCCCCCC(=O)CC#N. The van der Waals surface area contributed by atoms with Crippen molar-refractivity contribution in [2.45, 2.75) is 64.7 Å². The molecule has 0 aromatic rings. The Kier molecular flexibility index (Phi) is 9.63. The number of hydrogen-bond acceptors (Lipinski definition) is 2. The van der Waals surface area contributed by atoms with Gasteiger partial charge in [0.25, 0.3) is 0 Å². The van der Waals surface area contributed by atoms with Gasteiger partial charge in [0.15, 0.2) is 0 Å². The summed E-state index contributed by atoms with van der Waals surface area (Å²) in [5.41, 5.74) is 0. The lowest BCUT2D eigenvalue weighted by atomic mass is 10.1. The molecule has 0 saturated heterocycles. The molecule has 2 heteroatoms. The third-order valence-electron chi connectivity index (χ3n) is 2.34. The molecule has 0 fully saturated rings. The van der Waals surface area contributed by atoms with Crippen LogP contribution < -0.4 is 0 Å². The van der Waals surface area contributed by atoms with E-state index in [0.717, 1.165) is 12.8 Å². The normalized spacial score (nSPS) is 9.71. The quantitative estimate of drug-likeness (QED) is 0.527. The molecule has 0 aliphatic rings. The molecule has 80 valence electrons. The first kappa shape index (κ1) is 13.2. The molecule has 0 spiro atoms. The molecule has 0 atom stereocenters. The highest BCUT2D eigenvalue weighted by atomic mass is 16.1. The van der Waals surface area contributed by atoms with Crippen LogP contribution in [0.25, 0.3) is 0 Å². The largest absolute Gasteiger partial charge is 0.299 e. The van der Waals surface area contributed by atoms with Gasteiger partial charge in [-0.1, -0.05) is 45.4 Å². The Bertz CT molecular complexity index is 181. The van der Waals surface area contributed by atoms with E-state index in [1.165, 1.54) is 32.1 Å². The van der Waals surface area contributed by atoms with Crippen molar-refractivity contribution < 1.29 is 4.79 Å². The summed E-state index contributed by atoms with van der Waals surface area (Å²) in [6.45, 7) is 2.21. The van der Waals surface area contributed by atoms with E-state index in [1.54, 1.807) is 0 Å². The first-order valence-corrected chi connectivity index (χ1v) is 5.70. The van der Waals surface area contributed by atoms with Crippen molar-refractivity contribution in [1.29, 1.82) is 5.26 Å². The molecular weight excluding hydrogens is 174 g/mol. The standard InChI is InChI=1S/C12H21NO/c1-2-3-4-5-6-7-8-9-12(14)10-11-13/h2-10H2,1H3. The van der Waals surface area contributed by atoms with Crippen LogP contribution in [-0.2, 0) is 4.79 Å². The van der Waals surface area contributed by atoms with E-state index in [0.29, 0.717) is 6.42 Å². The van der Waals surface area contributed by atoms with Crippen LogP contribution in [0.3, 0.4) is 0 Å². The Hall–Kier alpha value is -0.840. The maximum absolute atomic E-state index is 11.0. The van der Waals surface area contributed by atoms with Gasteiger partial charge in [-0.2, -0.15) is 5.26 Å². The van der Waals surface area contributed by atoms with Crippen molar-refractivity contribution in [2.24, 2.45) is 0 Å². The van der Waals surface area contributed by atoms with E-state index >= 15 is 0 Å². The minimum absolute atomic E-state index is 0.0931. The number of hydrogen-bond donors (Lipinski definition) is 0. The fourth-order valence-corrected chi connectivity index (χ4v) is 1.46. The molecule has 0 unspecified atom stereocenters. The molecule has 0 N–H and O–H groups in total. The predicted molar refractivity (Wildman–Crippen MR) is 57.8 cm³/mol. The Balaban J connectivity index is 3.06. The first-order valence-electron chi connectivity index (χ1n) is 5.70. The first-order chi connectivity index (χ1) is 6.81. The molecule has 0 amide bonds. The zero-order valence-corrected chi connectivity index (χ0v) is 9.22. The number of unbranched alkanes of at least 4 members (excludes halogenated alkanes) is 6. The predicted octanol–water partition coefficient (Wildman–Crippen LogP) is 3.61. The molecule has 0 bridgehead atoms. The fourth-order valence-electron chi connectivity index (χ4n) is 1.46. The van der Waals surface area contributed by atoms with Crippen molar-refractivity contribution in [3.8, 4) is 6.07 Å². The van der Waals surface area contributed by atoms with Crippen LogP contribution in [0.4, 0.5) is 0 Å². The fraction of sp³-hybridized carbons (Fsp3) is 0.833. The summed E-state index contributed by atoms with van der Waals surface area (Å²) in [5, 5.41) is 8.27. The molecule has 0 heterocycles. The molecule has 0 radical (unpaired) electrons. The second-order valence-electron chi connectivity index (χ2n) is 3.74. The van der Waals surface area contributed by atoms with Gasteiger partial charge in [-0.05, 0) is 6.42 Å². The maximum atomic E-state index is 11.0. The van der Waals surface area contributed by atoms with Crippen molar-refractivity contribution in [3.05, 3.63) is 0 Å². The van der Waals surface area contributed by atoms with E-state index in [9.17, 15) is 4.79 Å². The zero-order chi connectivity index (χ0) is 10.6. The summed E-state index contributed by atoms with van der Waals surface area (Å²) < 4.78 is 0. The Morgan fingerprint density at radius 1 is 1.07 bits per heavy atom. The molecule has 0 aliphatic heterocycles. The molecule has 14 heavy (non-hydrogen) atoms. The molecule has 0 rings (SSSR count). The van der Waals surface area contributed by atoms with Gasteiger partial charge in [0.1, 0.15) is 5.78 Å². The monoisotopic (exact) mass is 195 g/mol. The smallest absolute Gasteiger partial charge is 0.146 e. The third kappa shape index (κ3) is 9.25. The Morgan fingerprint density at radius 3 is 2.21 bits per heavy atom. The average Bonchev–Trinajstić information content (AvgIpc) is 2.17. The number of nitriles is 1. The number of nitrogens with zero attached hydrogens (tertiary/aromatic N) is 1. The molecule has 0 aromatic carbocycles. The summed E-state index contributed by atoms with van der Waals surface area (Å²) in [4.78, 5) is 11.0. The highest BCUT2D eigenvalue weighted by Crippen LogP contribution is 2.08. The van der Waals surface area contributed by atoms with Gasteiger partial charge >= 0.3 is 0 Å². The second-order valence-corrected chi connectivity index (χ2v) is 3.74. The molecule has 0 aromatic heterocycles. The Labute approximate surface area is 87.3 Å². The molecule has 0 aliphatic carbocycles. The lowest BCUT2D eigenvalue weighted by Gasteiger charge is -1.99. The van der Waals surface area contributed by atoms with E-state index in [4.69, 9.17) is 5.26 Å². The summed E-state index contributed by atoms with van der Waals surface area (Å²) >= 11 is 0. The zero-order valence-electron chi connectivity index (χ0n) is 9.22. The average molecular weight is 195 g/mol. The van der Waals surface area contributed by atoms with Crippen LogP contribution in [-0.4, -0.2) is 5.78 Å². The van der Waals surface area contributed by atoms with Crippen LogP contribution in [0.15, 0.2) is 0 Å². The summed E-state index contributed by atoms with van der Waals surface area (Å²) in [5.74, 6) is 0.0982. The number of carbonyl (C=O) groups is 1. The van der Waals surface area contributed by atoms with Crippen LogP contribution in [0, 0.1) is 11.3 Å². The lowest BCUT2D eigenvalue weighted by molar-refractivity contribution is -0.118. The van der Waals surface area contributed by atoms with Crippen molar-refractivity contribution >= 4 is 5.78 Å². The topological polar surface area (TPSA) is 40.9 Å². The van der Waals surface area contributed by atoms with E-state index < -0.39 is 0 Å². The summed E-state index contributed by atoms with van der Waals surface area (Å²) in [6.07, 6.45) is 9.25. The second kappa shape index (κ2) is 10.2. The highest BCUT2D eigenvalue weighted by molar-refractivity contribution is 5.80. The van der Waals surface area contributed by atoms with Crippen LogP contribution in [0.5, 0.6) is 0 Å². The highest BCUT2D eigenvalue weighted by Gasteiger charge is 1.99. The molecule has 0 saturated carbocycles. The summed E-state index contributed by atoms with van der Waals surface area (Å²) in [6, 6.07) is 1.89. The van der Waals surface area contributed by atoms with Gasteiger partial charge < -0.3 is 0 Å². The van der Waals surface area contributed by atoms with Gasteiger partial charge in [0, 0.05) is 6.42 Å². The summed E-state index contributed by atoms with van der Waals surface area (Å²) in [7, 11) is 0. The number of Topliss-reactive ketones (excluding diaryl/α,β-unsaturated/α-hetero) is 1. The minimum Gasteiger partial charge on any atom is -0.299 e. The lowest BCUT2D eigenvalue weighted by Crippen LogP contribution is -1.95. The third-order valence-corrected chi connectivity index (χ3v) is 2.34. The van der Waals surface area contributed by atoms with Crippen LogP contribution in [0.2, 0.25) is 0 Å². The van der Waals surface area contributed by atoms with Crippen molar-refractivity contribution in [1.82, 2.24) is 0 Å². The van der Waals surface area contributed by atoms with E-state index in [2.05, 4.69) is 6.92 Å². The Morgan fingerprint density at radius 2 is 1.64 bits per heavy atom. The van der Waals surface area contributed by atoms with Gasteiger partial charge in [-0.25, -0.2) is 0 Å². The molecular formula is C12H21NO. The number of ketones is 1. The maximum Gasteiger partial charge on any atom is 0.146 e. The van der Waals surface area contributed by atoms with E-state index in [1.807, 2.05) is 6.07 Å². The van der Waals surface area contributed by atoms with Crippen molar-refractivity contribution in [3.63, 3.8) is 0 Å². The van der Waals surface area contributed by atoms with Gasteiger partial charge in [-0.15, -0.1) is 0 Å². The van der Waals surface area contributed by atoms with Crippen LogP contribution >= 0.6 is 0 Å². The van der Waals surface area contributed by atoms with Crippen molar-refractivity contribution in [2.75, 3.05) is 0 Å². The van der Waals surface area contributed by atoms with E-state index in [-0.39, 0.29) is 12.2 Å². The van der Waals surface area contributed by atoms with Crippen LogP contribution in [0.1, 0.15) is 64.7 Å². The number of carbonyl (C=O) groups excluding carboxylic acids is 1. The molecule has 2 nitrogen and oxygen atoms in total. The van der Waals surface area contributed by atoms with Gasteiger partial charge in [-0.3, -0.25) is 4.79 Å². The minimum atomic E-state index is 0.0931. The number of rotatable bonds is 9. The van der Waals surface area contributed by atoms with Gasteiger partial charge in [0.05, 0.1) is 12.5 Å². The van der Waals surface area contributed by atoms with Gasteiger partial charge in [0.2, 0.25) is 0 Å².